The van der Waals surface area contributed by atoms with Crippen LogP contribution in [0.2, 0.25) is 0 Å². The van der Waals surface area contributed by atoms with Gasteiger partial charge < -0.3 is 15.1 Å². The van der Waals surface area contributed by atoms with Crippen molar-refractivity contribution in [3.8, 4) is 11.5 Å². The average Bonchev–Trinajstić information content (AvgIpc) is 3.18. The van der Waals surface area contributed by atoms with Crippen molar-refractivity contribution < 1.29 is 14.0 Å². The molecule has 0 saturated carbocycles. The molecule has 0 aliphatic heterocycles. The zero-order valence-electron chi connectivity index (χ0n) is 15.6. The molecule has 3 aromatic rings. The van der Waals surface area contributed by atoms with Gasteiger partial charge in [0.2, 0.25) is 17.7 Å². The van der Waals surface area contributed by atoms with Gasteiger partial charge >= 0.3 is 0 Å². The first-order valence-corrected chi connectivity index (χ1v) is 9.66. The number of aryl methyl sites for hydroxylation is 1. The SMILES string of the molecule is Cc1cccc(NC(=O)CNC(=O)CSc2nnc(-c3ccccc3)o2)c1C. The Hall–Kier alpha value is -3.13. The third-order valence-electron chi connectivity index (χ3n) is 4.08. The molecule has 0 bridgehead atoms. The molecule has 3 rings (SSSR count). The minimum atomic E-state index is -0.291. The summed E-state index contributed by atoms with van der Waals surface area (Å²) in [5, 5.41) is 13.6. The molecule has 0 radical (unpaired) electrons. The fourth-order valence-electron chi connectivity index (χ4n) is 2.40. The van der Waals surface area contributed by atoms with E-state index in [1.54, 1.807) is 0 Å². The number of nitrogens with zero attached hydrogens (tertiary/aromatic N) is 2. The zero-order valence-corrected chi connectivity index (χ0v) is 16.4. The van der Waals surface area contributed by atoms with Crippen LogP contribution in [0.4, 0.5) is 5.69 Å². The molecule has 0 unspecified atom stereocenters. The molecule has 0 spiro atoms. The predicted octanol–water partition coefficient (Wildman–Crippen LogP) is 3.20. The lowest BCUT2D eigenvalue weighted by Crippen LogP contribution is -2.34. The van der Waals surface area contributed by atoms with Gasteiger partial charge in [0.1, 0.15) is 0 Å². The van der Waals surface area contributed by atoms with Crippen LogP contribution >= 0.6 is 11.8 Å². The number of nitrogens with one attached hydrogen (secondary N) is 2. The Labute approximate surface area is 166 Å². The number of hydrogen-bond donors (Lipinski definition) is 2. The van der Waals surface area contributed by atoms with Gasteiger partial charge in [0.15, 0.2) is 0 Å². The topological polar surface area (TPSA) is 97.1 Å². The Morgan fingerprint density at radius 2 is 1.79 bits per heavy atom. The summed E-state index contributed by atoms with van der Waals surface area (Å²) in [7, 11) is 0. The normalized spacial score (nSPS) is 10.5. The first-order valence-electron chi connectivity index (χ1n) is 8.67. The highest BCUT2D eigenvalue weighted by molar-refractivity contribution is 7.99. The molecule has 28 heavy (non-hydrogen) atoms. The van der Waals surface area contributed by atoms with Crippen molar-refractivity contribution >= 4 is 29.3 Å². The van der Waals surface area contributed by atoms with Crippen molar-refractivity contribution in [2.24, 2.45) is 0 Å². The van der Waals surface area contributed by atoms with Gasteiger partial charge in [0, 0.05) is 11.3 Å². The van der Waals surface area contributed by atoms with E-state index in [0.717, 1.165) is 34.1 Å². The first-order chi connectivity index (χ1) is 13.5. The predicted molar refractivity (Wildman–Crippen MR) is 108 cm³/mol. The van der Waals surface area contributed by atoms with Crippen LogP contribution in [0.3, 0.4) is 0 Å². The van der Waals surface area contributed by atoms with E-state index in [4.69, 9.17) is 4.42 Å². The standard InChI is InChI=1S/C20H20N4O3S/c1-13-7-6-10-16(14(13)2)22-17(25)11-21-18(26)12-28-20-24-23-19(27-20)15-8-4-3-5-9-15/h3-10H,11-12H2,1-2H3,(H,21,26)(H,22,25). The molecule has 7 nitrogen and oxygen atoms in total. The van der Waals surface area contributed by atoms with Crippen molar-refractivity contribution in [2.45, 2.75) is 19.1 Å². The minimum absolute atomic E-state index is 0.0766. The van der Waals surface area contributed by atoms with Crippen LogP contribution in [-0.4, -0.2) is 34.3 Å². The third kappa shape index (κ3) is 5.20. The number of anilines is 1. The second kappa shape index (κ2) is 9.18. The van der Waals surface area contributed by atoms with Gasteiger partial charge in [0.25, 0.3) is 5.22 Å². The van der Waals surface area contributed by atoms with Crippen LogP contribution in [0.1, 0.15) is 11.1 Å². The van der Waals surface area contributed by atoms with Gasteiger partial charge in [-0.3, -0.25) is 9.59 Å². The van der Waals surface area contributed by atoms with Crippen LogP contribution in [0, 0.1) is 13.8 Å². The molecular weight excluding hydrogens is 376 g/mol. The Kier molecular flexibility index (Phi) is 6.44. The Morgan fingerprint density at radius 3 is 2.57 bits per heavy atom. The lowest BCUT2D eigenvalue weighted by atomic mass is 10.1. The molecule has 2 N–H and O–H groups in total. The van der Waals surface area contributed by atoms with Gasteiger partial charge in [-0.1, -0.05) is 42.1 Å². The van der Waals surface area contributed by atoms with E-state index in [-0.39, 0.29) is 24.1 Å². The summed E-state index contributed by atoms with van der Waals surface area (Å²) in [6, 6.07) is 15.1. The zero-order chi connectivity index (χ0) is 19.9. The summed E-state index contributed by atoms with van der Waals surface area (Å²) in [6.07, 6.45) is 0. The summed E-state index contributed by atoms with van der Waals surface area (Å²) >= 11 is 1.12. The van der Waals surface area contributed by atoms with Crippen molar-refractivity contribution in [2.75, 3.05) is 17.6 Å². The smallest absolute Gasteiger partial charge is 0.277 e. The Morgan fingerprint density at radius 1 is 1.00 bits per heavy atom. The van der Waals surface area contributed by atoms with E-state index in [1.807, 2.05) is 62.4 Å². The molecule has 1 aromatic heterocycles. The van der Waals surface area contributed by atoms with Crippen molar-refractivity contribution in [3.63, 3.8) is 0 Å². The Bertz CT molecular complexity index is 973. The number of thioether (sulfide) groups is 1. The summed E-state index contributed by atoms with van der Waals surface area (Å²) in [6.45, 7) is 3.81. The molecule has 0 saturated heterocycles. The monoisotopic (exact) mass is 396 g/mol. The van der Waals surface area contributed by atoms with Crippen LogP contribution in [-0.2, 0) is 9.59 Å². The number of benzene rings is 2. The summed E-state index contributed by atoms with van der Waals surface area (Å²) in [4.78, 5) is 24.0. The number of amides is 2. The molecule has 0 fully saturated rings. The molecule has 8 heteroatoms. The fourth-order valence-corrected chi connectivity index (χ4v) is 3.00. The van der Waals surface area contributed by atoms with Gasteiger partial charge in [-0.2, -0.15) is 0 Å². The highest BCUT2D eigenvalue weighted by Gasteiger charge is 2.12. The van der Waals surface area contributed by atoms with E-state index < -0.39 is 0 Å². The number of aromatic nitrogens is 2. The van der Waals surface area contributed by atoms with Crippen molar-refractivity contribution in [1.82, 2.24) is 15.5 Å². The number of hydrogen-bond acceptors (Lipinski definition) is 6. The molecule has 1 heterocycles. The summed E-state index contributed by atoms with van der Waals surface area (Å²) < 4.78 is 5.53. The van der Waals surface area contributed by atoms with Crippen LogP contribution in [0.15, 0.2) is 58.2 Å². The molecule has 2 aromatic carbocycles. The van der Waals surface area contributed by atoms with E-state index in [0.29, 0.717) is 11.1 Å². The maximum absolute atomic E-state index is 12.0. The lowest BCUT2D eigenvalue weighted by Gasteiger charge is -2.10. The van der Waals surface area contributed by atoms with Gasteiger partial charge in [0.05, 0.1) is 12.3 Å². The van der Waals surface area contributed by atoms with Crippen LogP contribution in [0.25, 0.3) is 11.5 Å². The maximum Gasteiger partial charge on any atom is 0.277 e. The number of carbonyl (C=O) groups is 2. The highest BCUT2D eigenvalue weighted by Crippen LogP contribution is 2.22. The molecule has 0 aliphatic carbocycles. The molecular formula is C20H20N4O3S. The van der Waals surface area contributed by atoms with Crippen molar-refractivity contribution in [3.05, 3.63) is 59.7 Å². The summed E-state index contributed by atoms with van der Waals surface area (Å²) in [5.41, 5.74) is 3.65. The van der Waals surface area contributed by atoms with Gasteiger partial charge in [-0.25, -0.2) is 0 Å². The third-order valence-corrected chi connectivity index (χ3v) is 4.90. The second-order valence-corrected chi connectivity index (χ2v) is 7.03. The second-order valence-electron chi connectivity index (χ2n) is 6.10. The van der Waals surface area contributed by atoms with Crippen LogP contribution < -0.4 is 10.6 Å². The molecule has 0 atom stereocenters. The quantitative estimate of drug-likeness (QED) is 0.595. The summed E-state index contributed by atoms with van der Waals surface area (Å²) in [5.74, 6) is -0.0964. The van der Waals surface area contributed by atoms with Gasteiger partial charge in [-0.05, 0) is 43.2 Å². The number of carbonyl (C=O) groups excluding carboxylic acids is 2. The Balaban J connectivity index is 1.44. The van der Waals surface area contributed by atoms with Gasteiger partial charge in [-0.15, -0.1) is 10.2 Å². The maximum atomic E-state index is 12.0. The first kappa shape index (κ1) is 19.6. The largest absolute Gasteiger partial charge is 0.411 e. The van der Waals surface area contributed by atoms with E-state index >= 15 is 0 Å². The minimum Gasteiger partial charge on any atom is -0.411 e. The molecule has 2 amide bonds. The fraction of sp³-hybridized carbons (Fsp3) is 0.200. The average molecular weight is 396 g/mol. The molecule has 144 valence electrons. The lowest BCUT2D eigenvalue weighted by molar-refractivity contribution is -0.122. The van der Waals surface area contributed by atoms with Crippen LogP contribution in [0.5, 0.6) is 0 Å². The van der Waals surface area contributed by atoms with Crippen molar-refractivity contribution in [1.29, 1.82) is 0 Å². The number of rotatable bonds is 7. The van der Waals surface area contributed by atoms with E-state index in [2.05, 4.69) is 20.8 Å². The van der Waals surface area contributed by atoms with E-state index in [1.165, 1.54) is 0 Å². The van der Waals surface area contributed by atoms with E-state index in [9.17, 15) is 9.59 Å². The highest BCUT2D eigenvalue weighted by atomic mass is 32.2. The molecule has 0 aliphatic rings.